The molecular formula is C10H9Cl2F3O. The molecule has 0 spiro atoms. The lowest BCUT2D eigenvalue weighted by Crippen LogP contribution is -2.10. The van der Waals surface area contributed by atoms with Crippen molar-refractivity contribution in [2.75, 3.05) is 0 Å². The molecule has 1 aromatic rings. The zero-order valence-electron chi connectivity index (χ0n) is 8.06. The minimum Gasteiger partial charge on any atom is -0.388 e. The number of aliphatic hydroxyl groups excluding tert-OH is 1. The predicted molar refractivity (Wildman–Crippen MR) is 56.7 cm³/mol. The highest BCUT2D eigenvalue weighted by Crippen LogP contribution is 2.34. The molecule has 0 heterocycles. The number of benzene rings is 1. The molecule has 0 aliphatic carbocycles. The first-order valence-corrected chi connectivity index (χ1v) is 5.25. The molecule has 0 aliphatic heterocycles. The van der Waals surface area contributed by atoms with Gasteiger partial charge in [-0.1, -0.05) is 29.3 Å². The van der Waals surface area contributed by atoms with Crippen LogP contribution >= 0.6 is 23.2 Å². The van der Waals surface area contributed by atoms with Crippen LogP contribution in [0.5, 0.6) is 0 Å². The zero-order valence-corrected chi connectivity index (χ0v) is 9.57. The summed E-state index contributed by atoms with van der Waals surface area (Å²) in [5.74, 6) is 0. The van der Waals surface area contributed by atoms with Crippen LogP contribution in [0, 0.1) is 0 Å². The van der Waals surface area contributed by atoms with Gasteiger partial charge in [-0.2, -0.15) is 13.2 Å². The van der Waals surface area contributed by atoms with Crippen molar-refractivity contribution in [3.05, 3.63) is 33.8 Å². The van der Waals surface area contributed by atoms with Crippen LogP contribution in [0.15, 0.2) is 18.2 Å². The van der Waals surface area contributed by atoms with Crippen molar-refractivity contribution in [3.63, 3.8) is 0 Å². The number of rotatable bonds is 3. The predicted octanol–water partition coefficient (Wildman–Crippen LogP) is 4.37. The minimum absolute atomic E-state index is 0.148. The molecule has 6 heteroatoms. The van der Waals surface area contributed by atoms with Crippen LogP contribution < -0.4 is 0 Å². The van der Waals surface area contributed by atoms with Crippen LogP contribution in [0.3, 0.4) is 0 Å². The van der Waals surface area contributed by atoms with Crippen molar-refractivity contribution in [2.45, 2.75) is 25.1 Å². The van der Waals surface area contributed by atoms with Crippen molar-refractivity contribution in [1.82, 2.24) is 0 Å². The first kappa shape index (κ1) is 13.6. The van der Waals surface area contributed by atoms with Gasteiger partial charge in [0.15, 0.2) is 0 Å². The summed E-state index contributed by atoms with van der Waals surface area (Å²) in [5, 5.41) is 9.91. The lowest BCUT2D eigenvalue weighted by Gasteiger charge is -2.15. The Bertz CT molecular complexity index is 345. The average Bonchev–Trinajstić information content (AvgIpc) is 2.13. The van der Waals surface area contributed by atoms with E-state index in [0.29, 0.717) is 0 Å². The highest BCUT2D eigenvalue weighted by atomic mass is 35.5. The number of alkyl halides is 3. The molecule has 0 radical (unpaired) electrons. The van der Waals surface area contributed by atoms with Gasteiger partial charge in [0.05, 0.1) is 6.10 Å². The van der Waals surface area contributed by atoms with Crippen LogP contribution in [0.2, 0.25) is 10.0 Å². The van der Waals surface area contributed by atoms with Crippen molar-refractivity contribution < 1.29 is 18.3 Å². The normalized spacial score (nSPS) is 13.9. The van der Waals surface area contributed by atoms with Gasteiger partial charge in [0, 0.05) is 22.0 Å². The zero-order chi connectivity index (χ0) is 12.3. The monoisotopic (exact) mass is 272 g/mol. The Labute approximate surface area is 101 Å². The largest absolute Gasteiger partial charge is 0.389 e. The molecule has 0 aliphatic rings. The Morgan fingerprint density at radius 2 is 1.69 bits per heavy atom. The Kier molecular flexibility index (Phi) is 4.47. The Hall–Kier alpha value is -0.450. The maximum atomic E-state index is 12.0. The van der Waals surface area contributed by atoms with Gasteiger partial charge in [-0.05, 0) is 18.6 Å². The first-order valence-electron chi connectivity index (χ1n) is 4.50. The maximum absolute atomic E-state index is 12.0. The van der Waals surface area contributed by atoms with Gasteiger partial charge in [0.2, 0.25) is 0 Å². The van der Waals surface area contributed by atoms with E-state index in [0.717, 1.165) is 0 Å². The molecule has 0 fully saturated rings. The summed E-state index contributed by atoms with van der Waals surface area (Å²) in [6.45, 7) is 0. The van der Waals surface area contributed by atoms with Crippen molar-refractivity contribution in [1.29, 1.82) is 0 Å². The van der Waals surface area contributed by atoms with Crippen LogP contribution in [0.1, 0.15) is 24.5 Å². The van der Waals surface area contributed by atoms with E-state index in [1.807, 2.05) is 0 Å². The molecule has 0 aromatic heterocycles. The van der Waals surface area contributed by atoms with Gasteiger partial charge in [-0.15, -0.1) is 0 Å². The van der Waals surface area contributed by atoms with E-state index in [1.54, 1.807) is 6.07 Å². The maximum Gasteiger partial charge on any atom is 0.389 e. The summed E-state index contributed by atoms with van der Waals surface area (Å²) in [6, 6.07) is 4.50. The van der Waals surface area contributed by atoms with Gasteiger partial charge in [-0.25, -0.2) is 0 Å². The summed E-state index contributed by atoms with van der Waals surface area (Å²) in [6.07, 6.45) is -7.12. The molecule has 1 unspecified atom stereocenters. The molecule has 1 aromatic carbocycles. The molecule has 1 rings (SSSR count). The Balaban J connectivity index is 2.77. The van der Waals surface area contributed by atoms with Gasteiger partial charge < -0.3 is 5.11 Å². The summed E-state index contributed by atoms with van der Waals surface area (Å²) < 4.78 is 35.9. The number of hydrogen-bond acceptors (Lipinski definition) is 1. The van der Waals surface area contributed by atoms with E-state index in [4.69, 9.17) is 23.2 Å². The summed E-state index contributed by atoms with van der Waals surface area (Å²) >= 11 is 11.5. The standard InChI is InChI=1S/C10H9Cl2F3O/c11-6-2-1-3-7(12)9(6)8(16)4-5-10(13,14)15/h1-3,8,16H,4-5H2. The van der Waals surface area contributed by atoms with E-state index >= 15 is 0 Å². The van der Waals surface area contributed by atoms with E-state index in [1.165, 1.54) is 12.1 Å². The minimum atomic E-state index is -4.30. The first-order chi connectivity index (χ1) is 7.31. The second-order valence-corrected chi connectivity index (χ2v) is 4.12. The van der Waals surface area contributed by atoms with E-state index in [-0.39, 0.29) is 15.6 Å². The van der Waals surface area contributed by atoms with Crippen molar-refractivity contribution in [3.8, 4) is 0 Å². The third-order valence-electron chi connectivity index (χ3n) is 2.03. The molecule has 1 N–H and O–H groups in total. The second kappa shape index (κ2) is 5.25. The molecule has 0 bridgehead atoms. The third-order valence-corrected chi connectivity index (χ3v) is 2.69. The van der Waals surface area contributed by atoms with Crippen LogP contribution in [0.25, 0.3) is 0 Å². The fraction of sp³-hybridized carbons (Fsp3) is 0.400. The van der Waals surface area contributed by atoms with Gasteiger partial charge in [0.25, 0.3) is 0 Å². The van der Waals surface area contributed by atoms with Crippen LogP contribution in [-0.2, 0) is 0 Å². The number of halogens is 5. The Morgan fingerprint density at radius 1 is 1.19 bits per heavy atom. The van der Waals surface area contributed by atoms with E-state index in [9.17, 15) is 18.3 Å². The van der Waals surface area contributed by atoms with Crippen molar-refractivity contribution >= 4 is 23.2 Å². The SMILES string of the molecule is OC(CCC(F)(F)F)c1c(Cl)cccc1Cl. The molecule has 90 valence electrons. The summed E-state index contributed by atoms with van der Waals surface area (Å²) in [4.78, 5) is 0. The molecule has 16 heavy (non-hydrogen) atoms. The average molecular weight is 273 g/mol. The van der Waals surface area contributed by atoms with Crippen LogP contribution in [-0.4, -0.2) is 11.3 Å². The Morgan fingerprint density at radius 3 is 2.12 bits per heavy atom. The van der Waals surface area contributed by atoms with E-state index in [2.05, 4.69) is 0 Å². The molecule has 0 saturated carbocycles. The van der Waals surface area contributed by atoms with Gasteiger partial charge in [0.1, 0.15) is 0 Å². The smallest absolute Gasteiger partial charge is 0.388 e. The number of hydrogen-bond donors (Lipinski definition) is 1. The van der Waals surface area contributed by atoms with Gasteiger partial charge in [-0.3, -0.25) is 0 Å². The van der Waals surface area contributed by atoms with E-state index < -0.39 is 25.1 Å². The lowest BCUT2D eigenvalue weighted by atomic mass is 10.0. The number of aliphatic hydroxyl groups is 1. The molecular weight excluding hydrogens is 264 g/mol. The molecule has 1 nitrogen and oxygen atoms in total. The summed E-state index contributed by atoms with van der Waals surface area (Å²) in [5.41, 5.74) is 0.148. The molecule has 1 atom stereocenters. The van der Waals surface area contributed by atoms with Crippen molar-refractivity contribution in [2.24, 2.45) is 0 Å². The highest BCUT2D eigenvalue weighted by molar-refractivity contribution is 6.36. The molecule has 0 saturated heterocycles. The fourth-order valence-electron chi connectivity index (χ4n) is 1.27. The topological polar surface area (TPSA) is 20.2 Å². The molecule has 0 amide bonds. The van der Waals surface area contributed by atoms with Gasteiger partial charge >= 0.3 is 6.18 Å². The second-order valence-electron chi connectivity index (χ2n) is 3.30. The quantitative estimate of drug-likeness (QED) is 0.867. The third kappa shape index (κ3) is 3.85. The summed E-state index contributed by atoms with van der Waals surface area (Å²) in [7, 11) is 0. The van der Waals surface area contributed by atoms with Crippen LogP contribution in [0.4, 0.5) is 13.2 Å². The highest BCUT2D eigenvalue weighted by Gasteiger charge is 2.29. The lowest BCUT2D eigenvalue weighted by molar-refractivity contribution is -0.140. The fourth-order valence-corrected chi connectivity index (χ4v) is 1.92.